The predicted molar refractivity (Wildman–Crippen MR) is 85.7 cm³/mol. The number of aromatic hydroxyl groups is 1. The van der Waals surface area contributed by atoms with Crippen molar-refractivity contribution in [3.8, 4) is 5.75 Å². The SMILES string of the molecule is C[C@]12CCC3c4ccc(O)cc4C(=O)CC3C1Cc1cn[nH]c12. The molecule has 3 unspecified atom stereocenters. The molecule has 3 aliphatic rings. The second-order valence-electron chi connectivity index (χ2n) is 7.71. The summed E-state index contributed by atoms with van der Waals surface area (Å²) < 4.78 is 0. The summed E-state index contributed by atoms with van der Waals surface area (Å²) in [6, 6.07) is 5.35. The highest BCUT2D eigenvalue weighted by molar-refractivity contribution is 5.99. The van der Waals surface area contributed by atoms with Crippen LogP contribution in [0.3, 0.4) is 0 Å². The van der Waals surface area contributed by atoms with E-state index < -0.39 is 0 Å². The van der Waals surface area contributed by atoms with Crippen molar-refractivity contribution >= 4 is 5.78 Å². The van der Waals surface area contributed by atoms with Gasteiger partial charge in [0.25, 0.3) is 0 Å². The van der Waals surface area contributed by atoms with Crippen LogP contribution in [0, 0.1) is 11.8 Å². The zero-order valence-corrected chi connectivity index (χ0v) is 13.2. The molecule has 2 N–H and O–H groups in total. The summed E-state index contributed by atoms with van der Waals surface area (Å²) in [5, 5.41) is 17.2. The van der Waals surface area contributed by atoms with E-state index in [1.165, 1.54) is 11.3 Å². The van der Waals surface area contributed by atoms with Gasteiger partial charge in [0.15, 0.2) is 5.78 Å². The quantitative estimate of drug-likeness (QED) is 0.784. The van der Waals surface area contributed by atoms with E-state index in [1.54, 1.807) is 12.1 Å². The fourth-order valence-electron chi connectivity index (χ4n) is 5.60. The second kappa shape index (κ2) is 4.25. The van der Waals surface area contributed by atoms with Gasteiger partial charge < -0.3 is 5.11 Å². The molecule has 118 valence electrons. The van der Waals surface area contributed by atoms with Crippen LogP contribution < -0.4 is 0 Å². The van der Waals surface area contributed by atoms with Crippen LogP contribution in [-0.2, 0) is 11.8 Å². The minimum absolute atomic E-state index is 0.127. The number of ketones is 1. The fraction of sp³-hybridized carbons (Fsp3) is 0.474. The molecule has 5 rings (SSSR count). The van der Waals surface area contributed by atoms with Crippen molar-refractivity contribution in [1.82, 2.24) is 10.2 Å². The van der Waals surface area contributed by atoms with Crippen LogP contribution in [0.25, 0.3) is 0 Å². The summed E-state index contributed by atoms with van der Waals surface area (Å²) >= 11 is 0. The van der Waals surface area contributed by atoms with Crippen LogP contribution in [0.4, 0.5) is 0 Å². The minimum Gasteiger partial charge on any atom is -0.508 e. The maximum absolute atomic E-state index is 12.7. The number of nitrogens with zero attached hydrogens (tertiary/aromatic N) is 1. The Morgan fingerprint density at radius 2 is 2.22 bits per heavy atom. The van der Waals surface area contributed by atoms with Crippen molar-refractivity contribution in [2.45, 2.75) is 43.9 Å². The number of H-pyrrole nitrogens is 1. The molecule has 0 amide bonds. The van der Waals surface area contributed by atoms with E-state index in [0.717, 1.165) is 30.4 Å². The normalized spacial score (nSPS) is 34.5. The molecular weight excluding hydrogens is 288 g/mol. The number of aromatic nitrogens is 2. The third-order valence-corrected chi connectivity index (χ3v) is 6.71. The molecule has 0 aliphatic heterocycles. The van der Waals surface area contributed by atoms with E-state index in [-0.39, 0.29) is 16.9 Å². The number of hydrogen-bond acceptors (Lipinski definition) is 3. The fourth-order valence-corrected chi connectivity index (χ4v) is 5.60. The Morgan fingerprint density at radius 1 is 1.35 bits per heavy atom. The number of nitrogens with one attached hydrogen (secondary N) is 1. The van der Waals surface area contributed by atoms with E-state index >= 15 is 0 Å². The van der Waals surface area contributed by atoms with Crippen LogP contribution in [-0.4, -0.2) is 21.1 Å². The highest BCUT2D eigenvalue weighted by atomic mass is 16.3. The van der Waals surface area contributed by atoms with E-state index in [0.29, 0.717) is 24.2 Å². The molecule has 0 spiro atoms. The van der Waals surface area contributed by atoms with Crippen LogP contribution in [0.5, 0.6) is 5.75 Å². The first-order valence-corrected chi connectivity index (χ1v) is 8.47. The zero-order valence-electron chi connectivity index (χ0n) is 13.2. The number of phenols is 1. The number of phenolic OH excluding ortho intramolecular Hbond substituents is 1. The van der Waals surface area contributed by atoms with Crippen molar-refractivity contribution in [3.05, 3.63) is 46.8 Å². The van der Waals surface area contributed by atoms with E-state index in [9.17, 15) is 9.90 Å². The maximum Gasteiger partial charge on any atom is 0.163 e. The topological polar surface area (TPSA) is 66.0 Å². The summed E-state index contributed by atoms with van der Waals surface area (Å²) in [5.41, 5.74) is 4.65. The Morgan fingerprint density at radius 3 is 3.09 bits per heavy atom. The largest absolute Gasteiger partial charge is 0.508 e. The number of Topliss-reactive ketones (excluding diaryl/α,β-unsaturated/α-hetero) is 1. The van der Waals surface area contributed by atoms with Gasteiger partial charge in [0.1, 0.15) is 5.75 Å². The van der Waals surface area contributed by atoms with Crippen molar-refractivity contribution < 1.29 is 9.90 Å². The maximum atomic E-state index is 12.7. The van der Waals surface area contributed by atoms with Crippen molar-refractivity contribution in [1.29, 1.82) is 0 Å². The van der Waals surface area contributed by atoms with Gasteiger partial charge in [-0.05, 0) is 60.3 Å². The molecule has 2 aromatic rings. The van der Waals surface area contributed by atoms with Crippen molar-refractivity contribution in [2.24, 2.45) is 11.8 Å². The van der Waals surface area contributed by atoms with Crippen molar-refractivity contribution in [3.63, 3.8) is 0 Å². The van der Waals surface area contributed by atoms with Gasteiger partial charge in [-0.15, -0.1) is 0 Å². The molecule has 23 heavy (non-hydrogen) atoms. The number of carbonyl (C=O) groups excluding carboxylic acids is 1. The summed E-state index contributed by atoms with van der Waals surface area (Å²) in [4.78, 5) is 12.7. The van der Waals surface area contributed by atoms with Crippen LogP contribution in [0.1, 0.15) is 59.3 Å². The van der Waals surface area contributed by atoms with E-state index in [1.807, 2.05) is 12.3 Å². The lowest BCUT2D eigenvalue weighted by Crippen LogP contribution is -2.44. The third-order valence-electron chi connectivity index (χ3n) is 6.71. The van der Waals surface area contributed by atoms with Gasteiger partial charge in [-0.1, -0.05) is 13.0 Å². The molecule has 0 radical (unpaired) electrons. The van der Waals surface area contributed by atoms with Gasteiger partial charge >= 0.3 is 0 Å². The van der Waals surface area contributed by atoms with Crippen molar-refractivity contribution in [2.75, 3.05) is 0 Å². The Labute approximate surface area is 134 Å². The number of carbonyl (C=O) groups is 1. The van der Waals surface area contributed by atoms with Gasteiger partial charge in [0, 0.05) is 23.1 Å². The highest BCUT2D eigenvalue weighted by Crippen LogP contribution is 2.59. The molecular formula is C19H20N2O2. The molecule has 1 aromatic heterocycles. The standard InChI is InChI=1S/C19H20N2O2/c1-19-5-4-13-12-3-2-11(22)7-15(12)17(23)8-14(13)16(19)6-10-9-20-21-18(10)19/h2-3,7,9,13-14,16,22H,4-6,8H2,1H3,(H,20,21)/t13?,14?,16?,19-/m0/s1. The van der Waals surface area contributed by atoms with E-state index in [2.05, 4.69) is 17.1 Å². The Hall–Kier alpha value is -2.10. The average molecular weight is 308 g/mol. The molecule has 4 nitrogen and oxygen atoms in total. The van der Waals surface area contributed by atoms with Crippen LogP contribution >= 0.6 is 0 Å². The summed E-state index contributed by atoms with van der Waals surface area (Å²) in [6.45, 7) is 2.34. The van der Waals surface area contributed by atoms with E-state index in [4.69, 9.17) is 0 Å². The van der Waals surface area contributed by atoms with Gasteiger partial charge in [-0.2, -0.15) is 5.10 Å². The predicted octanol–water partition coefficient (Wildman–Crippen LogP) is 3.33. The average Bonchev–Trinajstić information content (AvgIpc) is 3.09. The summed E-state index contributed by atoms with van der Waals surface area (Å²) in [5.74, 6) is 1.74. The Balaban J connectivity index is 1.60. The second-order valence-corrected chi connectivity index (χ2v) is 7.71. The molecule has 0 bridgehead atoms. The van der Waals surface area contributed by atoms with Gasteiger partial charge in [-0.25, -0.2) is 0 Å². The first kappa shape index (κ1) is 13.3. The number of benzene rings is 1. The zero-order chi connectivity index (χ0) is 15.8. The highest BCUT2D eigenvalue weighted by Gasteiger charge is 2.54. The van der Waals surface area contributed by atoms with Crippen LogP contribution in [0.2, 0.25) is 0 Å². The first-order chi connectivity index (χ1) is 11.1. The van der Waals surface area contributed by atoms with Gasteiger partial charge in [0.05, 0.1) is 6.20 Å². The number of aromatic amines is 1. The number of hydrogen-bond donors (Lipinski definition) is 2. The number of fused-ring (bicyclic) bond motifs is 7. The minimum atomic E-state index is 0.127. The molecule has 4 heteroatoms. The third kappa shape index (κ3) is 1.61. The molecule has 1 aromatic carbocycles. The lowest BCUT2D eigenvalue weighted by Gasteiger charge is -2.48. The first-order valence-electron chi connectivity index (χ1n) is 8.47. The molecule has 1 saturated carbocycles. The summed E-state index contributed by atoms with van der Waals surface area (Å²) in [6.07, 6.45) is 5.83. The summed E-state index contributed by atoms with van der Waals surface area (Å²) in [7, 11) is 0. The Bertz CT molecular complexity index is 825. The molecule has 0 saturated heterocycles. The smallest absolute Gasteiger partial charge is 0.163 e. The monoisotopic (exact) mass is 308 g/mol. The molecule has 4 atom stereocenters. The molecule has 1 fully saturated rings. The van der Waals surface area contributed by atoms with Gasteiger partial charge in [0.2, 0.25) is 0 Å². The number of rotatable bonds is 0. The molecule has 1 heterocycles. The van der Waals surface area contributed by atoms with Gasteiger partial charge in [-0.3, -0.25) is 9.89 Å². The lowest BCUT2D eigenvalue weighted by molar-refractivity contribution is 0.0741. The lowest BCUT2D eigenvalue weighted by atomic mass is 9.55. The van der Waals surface area contributed by atoms with Crippen LogP contribution in [0.15, 0.2) is 24.4 Å². The molecule has 3 aliphatic carbocycles. The Kier molecular flexibility index (Phi) is 2.47.